The number of hydrogen-bond donors (Lipinski definition) is 1. The molecule has 4 aromatic rings. The number of aromatic nitrogens is 2. The molecular weight excluding hydrogens is 539 g/mol. The fourth-order valence-corrected chi connectivity index (χ4v) is 5.09. The summed E-state index contributed by atoms with van der Waals surface area (Å²) in [6, 6.07) is 20.3. The molecule has 0 aliphatic heterocycles. The van der Waals surface area contributed by atoms with E-state index in [1.807, 2.05) is 36.4 Å². The number of nitrogens with zero attached hydrogens (tertiary/aromatic N) is 3. The van der Waals surface area contributed by atoms with E-state index in [1.165, 1.54) is 29.3 Å². The molecule has 1 amide bonds. The van der Waals surface area contributed by atoms with Crippen LogP contribution in [0.15, 0.2) is 76.2 Å². The largest absolute Gasteiger partial charge is 0.493 e. The van der Waals surface area contributed by atoms with Crippen molar-refractivity contribution in [2.45, 2.75) is 10.9 Å². The van der Waals surface area contributed by atoms with Crippen molar-refractivity contribution >= 4 is 58.4 Å². The molecule has 0 radical (unpaired) electrons. The van der Waals surface area contributed by atoms with Crippen molar-refractivity contribution in [1.82, 2.24) is 15.6 Å². The smallest absolute Gasteiger partial charge is 0.250 e. The number of benzene rings is 3. The average molecular weight is 560 g/mol. The van der Waals surface area contributed by atoms with E-state index in [0.717, 1.165) is 21.7 Å². The number of hydrogen-bond acceptors (Lipinski definition) is 8. The summed E-state index contributed by atoms with van der Waals surface area (Å²) in [4.78, 5) is 12.2. The van der Waals surface area contributed by atoms with Crippen LogP contribution in [0.1, 0.15) is 11.1 Å². The number of nitrogens with one attached hydrogen (secondary N) is 1. The molecule has 184 valence electrons. The fourth-order valence-electron chi connectivity index (χ4n) is 2.98. The van der Waals surface area contributed by atoms with Crippen molar-refractivity contribution in [3.05, 3.63) is 87.9 Å². The van der Waals surface area contributed by atoms with E-state index < -0.39 is 0 Å². The van der Waals surface area contributed by atoms with Crippen LogP contribution in [0.2, 0.25) is 10.0 Å². The van der Waals surface area contributed by atoms with Crippen LogP contribution in [0.5, 0.6) is 11.5 Å². The molecule has 0 aliphatic rings. The molecule has 0 unspecified atom stereocenters. The summed E-state index contributed by atoms with van der Waals surface area (Å²) in [6.07, 6.45) is 1.53. The van der Waals surface area contributed by atoms with Gasteiger partial charge in [0.05, 0.1) is 19.1 Å². The Balaban J connectivity index is 1.27. The van der Waals surface area contributed by atoms with Gasteiger partial charge in [-0.25, -0.2) is 5.43 Å². The van der Waals surface area contributed by atoms with Gasteiger partial charge in [0.15, 0.2) is 15.8 Å². The third-order valence-electron chi connectivity index (χ3n) is 4.74. The summed E-state index contributed by atoms with van der Waals surface area (Å²) in [5, 5.41) is 14.3. The first-order valence-corrected chi connectivity index (χ1v) is 13.2. The summed E-state index contributed by atoms with van der Waals surface area (Å²) in [5.74, 6) is 0.994. The van der Waals surface area contributed by atoms with Gasteiger partial charge in [-0.05, 0) is 35.9 Å². The van der Waals surface area contributed by atoms with E-state index in [-0.39, 0.29) is 18.3 Å². The van der Waals surface area contributed by atoms with Gasteiger partial charge < -0.3 is 9.47 Å². The highest BCUT2D eigenvalue weighted by Crippen LogP contribution is 2.30. The van der Waals surface area contributed by atoms with Crippen LogP contribution in [-0.4, -0.2) is 35.2 Å². The first-order valence-electron chi connectivity index (χ1n) is 10.6. The third-order valence-corrected chi connectivity index (χ3v) is 7.44. The summed E-state index contributed by atoms with van der Waals surface area (Å²) < 4.78 is 12.0. The normalized spacial score (nSPS) is 11.0. The number of thioether (sulfide) groups is 1. The standard InChI is InChI=1S/C25H20Cl2N4O3S2/c1-33-22-11-16(7-10-21(22)34-14-18-8-9-19(26)12-20(18)27)13-28-29-23(32)15-35-25-31-30-24(36-25)17-5-3-2-4-6-17/h2-13H,14-15H2,1H3,(H,29,32). The van der Waals surface area contributed by atoms with Crippen LogP contribution >= 0.6 is 46.3 Å². The lowest BCUT2D eigenvalue weighted by Crippen LogP contribution is -2.19. The maximum atomic E-state index is 12.2. The maximum Gasteiger partial charge on any atom is 0.250 e. The minimum Gasteiger partial charge on any atom is -0.493 e. The van der Waals surface area contributed by atoms with Gasteiger partial charge in [0.2, 0.25) is 0 Å². The van der Waals surface area contributed by atoms with Crippen molar-refractivity contribution in [1.29, 1.82) is 0 Å². The van der Waals surface area contributed by atoms with Gasteiger partial charge >= 0.3 is 0 Å². The van der Waals surface area contributed by atoms with Gasteiger partial charge in [0, 0.05) is 21.2 Å². The van der Waals surface area contributed by atoms with Gasteiger partial charge in [0.1, 0.15) is 11.6 Å². The number of carbonyl (C=O) groups is 1. The zero-order valence-electron chi connectivity index (χ0n) is 19.0. The molecule has 1 N–H and O–H groups in total. The van der Waals surface area contributed by atoms with Crippen molar-refractivity contribution in [2.75, 3.05) is 12.9 Å². The number of hydrazone groups is 1. The molecule has 0 spiro atoms. The van der Waals surface area contributed by atoms with E-state index in [1.54, 1.807) is 37.4 Å². The van der Waals surface area contributed by atoms with Crippen LogP contribution in [0, 0.1) is 0 Å². The highest BCUT2D eigenvalue weighted by Gasteiger charge is 2.10. The molecular formula is C25H20Cl2N4O3S2. The molecule has 0 atom stereocenters. The highest BCUT2D eigenvalue weighted by atomic mass is 35.5. The number of rotatable bonds is 10. The van der Waals surface area contributed by atoms with Gasteiger partial charge in [-0.15, -0.1) is 10.2 Å². The van der Waals surface area contributed by atoms with Crippen molar-refractivity contribution < 1.29 is 14.3 Å². The molecule has 0 fully saturated rings. The highest BCUT2D eigenvalue weighted by molar-refractivity contribution is 8.01. The Bertz CT molecular complexity index is 1370. The molecule has 36 heavy (non-hydrogen) atoms. The number of carbonyl (C=O) groups excluding carboxylic acids is 1. The molecule has 0 saturated carbocycles. The van der Waals surface area contributed by atoms with Crippen LogP contribution in [0.4, 0.5) is 0 Å². The number of ether oxygens (including phenoxy) is 2. The van der Waals surface area contributed by atoms with Crippen LogP contribution in [0.3, 0.4) is 0 Å². The van der Waals surface area contributed by atoms with E-state index in [0.29, 0.717) is 25.9 Å². The third kappa shape index (κ3) is 7.20. The molecule has 0 bridgehead atoms. The van der Waals surface area contributed by atoms with Crippen molar-refractivity contribution in [3.8, 4) is 22.1 Å². The average Bonchev–Trinajstić information content (AvgIpc) is 3.37. The fraction of sp³-hybridized carbons (Fsp3) is 0.120. The zero-order valence-corrected chi connectivity index (χ0v) is 22.1. The summed E-state index contributed by atoms with van der Waals surface area (Å²) in [6.45, 7) is 0.259. The monoisotopic (exact) mass is 558 g/mol. The molecule has 11 heteroatoms. The van der Waals surface area contributed by atoms with E-state index in [2.05, 4.69) is 20.7 Å². The summed E-state index contributed by atoms with van der Waals surface area (Å²) >= 11 is 14.9. The first-order chi connectivity index (χ1) is 17.5. The Labute approximate surface area is 226 Å². The number of methoxy groups -OCH3 is 1. The lowest BCUT2D eigenvalue weighted by Gasteiger charge is -2.12. The molecule has 1 aromatic heterocycles. The van der Waals surface area contributed by atoms with Crippen LogP contribution in [-0.2, 0) is 11.4 Å². The van der Waals surface area contributed by atoms with Gasteiger partial charge in [-0.3, -0.25) is 4.79 Å². The van der Waals surface area contributed by atoms with E-state index in [4.69, 9.17) is 32.7 Å². The predicted molar refractivity (Wildman–Crippen MR) is 146 cm³/mol. The Morgan fingerprint density at radius 3 is 2.69 bits per heavy atom. The Morgan fingerprint density at radius 1 is 1.08 bits per heavy atom. The summed E-state index contributed by atoms with van der Waals surface area (Å²) in [5.41, 5.74) is 5.05. The van der Waals surface area contributed by atoms with Gasteiger partial charge in [-0.2, -0.15) is 5.10 Å². The molecule has 0 saturated heterocycles. The zero-order chi connectivity index (χ0) is 25.3. The van der Waals surface area contributed by atoms with Crippen molar-refractivity contribution in [3.63, 3.8) is 0 Å². The maximum absolute atomic E-state index is 12.2. The van der Waals surface area contributed by atoms with E-state index >= 15 is 0 Å². The van der Waals surface area contributed by atoms with Crippen molar-refractivity contribution in [2.24, 2.45) is 5.10 Å². The number of amides is 1. The van der Waals surface area contributed by atoms with Gasteiger partial charge in [0.25, 0.3) is 5.91 Å². The molecule has 4 rings (SSSR count). The van der Waals surface area contributed by atoms with E-state index in [9.17, 15) is 4.79 Å². The predicted octanol–water partition coefficient (Wildman–Crippen LogP) is 6.34. The molecule has 7 nitrogen and oxygen atoms in total. The second-order valence-electron chi connectivity index (χ2n) is 7.26. The second-order valence-corrected chi connectivity index (χ2v) is 10.3. The topological polar surface area (TPSA) is 85.7 Å². The SMILES string of the molecule is COc1cc(C=NNC(=O)CSc2nnc(-c3ccccc3)s2)ccc1OCc1ccc(Cl)cc1Cl. The lowest BCUT2D eigenvalue weighted by atomic mass is 10.2. The molecule has 3 aromatic carbocycles. The lowest BCUT2D eigenvalue weighted by molar-refractivity contribution is -0.118. The first kappa shape index (κ1) is 26.0. The second kappa shape index (κ2) is 12.7. The molecule has 1 heterocycles. The Kier molecular flexibility index (Phi) is 9.18. The Morgan fingerprint density at radius 2 is 1.92 bits per heavy atom. The summed E-state index contributed by atoms with van der Waals surface area (Å²) in [7, 11) is 1.55. The molecule has 0 aliphatic carbocycles. The Hall–Kier alpha value is -3.11. The minimum atomic E-state index is -0.250. The van der Waals surface area contributed by atoms with Gasteiger partial charge in [-0.1, -0.05) is 82.7 Å². The number of halogens is 2. The quantitative estimate of drug-likeness (QED) is 0.139. The van der Waals surface area contributed by atoms with Crippen LogP contribution < -0.4 is 14.9 Å². The van der Waals surface area contributed by atoms with Crippen LogP contribution in [0.25, 0.3) is 10.6 Å². The minimum absolute atomic E-state index is 0.171.